The van der Waals surface area contributed by atoms with Crippen LogP contribution in [0.4, 0.5) is 5.69 Å². The Labute approximate surface area is 109 Å². The number of benzene rings is 1. The average molecular weight is 246 g/mol. The highest BCUT2D eigenvalue weighted by atomic mass is 16.1. The van der Waals surface area contributed by atoms with Gasteiger partial charge in [-0.25, -0.2) is 0 Å². The smallest absolute Gasteiger partial charge is 0.159 e. The van der Waals surface area contributed by atoms with Crippen molar-refractivity contribution in [1.29, 1.82) is 0 Å². The van der Waals surface area contributed by atoms with Crippen LogP contribution < -0.4 is 10.2 Å². The fourth-order valence-electron chi connectivity index (χ4n) is 2.43. The van der Waals surface area contributed by atoms with Crippen molar-refractivity contribution in [3.05, 3.63) is 29.8 Å². The van der Waals surface area contributed by atoms with E-state index in [0.717, 1.165) is 36.8 Å². The van der Waals surface area contributed by atoms with Gasteiger partial charge in [-0.15, -0.1) is 0 Å². The van der Waals surface area contributed by atoms with E-state index in [1.165, 1.54) is 12.8 Å². The van der Waals surface area contributed by atoms with Gasteiger partial charge in [0.05, 0.1) is 0 Å². The van der Waals surface area contributed by atoms with Crippen molar-refractivity contribution in [2.45, 2.75) is 19.8 Å². The van der Waals surface area contributed by atoms with Crippen molar-refractivity contribution in [2.24, 2.45) is 5.92 Å². The minimum absolute atomic E-state index is 0.130. The van der Waals surface area contributed by atoms with Crippen LogP contribution in [0.2, 0.25) is 0 Å². The summed E-state index contributed by atoms with van der Waals surface area (Å²) in [7, 11) is 2.10. The molecule has 2 rings (SSSR count). The highest BCUT2D eigenvalue weighted by Gasteiger charge is 2.15. The second kappa shape index (κ2) is 6.01. The Kier molecular flexibility index (Phi) is 4.37. The second-order valence-electron chi connectivity index (χ2n) is 5.18. The Hall–Kier alpha value is -1.35. The fourth-order valence-corrected chi connectivity index (χ4v) is 2.43. The van der Waals surface area contributed by atoms with Gasteiger partial charge in [-0.2, -0.15) is 0 Å². The molecule has 1 aliphatic rings. The third-order valence-corrected chi connectivity index (χ3v) is 3.73. The summed E-state index contributed by atoms with van der Waals surface area (Å²) >= 11 is 0. The number of hydrogen-bond donors (Lipinski definition) is 1. The summed E-state index contributed by atoms with van der Waals surface area (Å²) in [6.45, 7) is 4.98. The van der Waals surface area contributed by atoms with Crippen molar-refractivity contribution in [2.75, 3.05) is 31.6 Å². The van der Waals surface area contributed by atoms with Gasteiger partial charge in [-0.3, -0.25) is 4.79 Å². The van der Waals surface area contributed by atoms with Crippen LogP contribution >= 0.6 is 0 Å². The van der Waals surface area contributed by atoms with Crippen LogP contribution in [-0.2, 0) is 0 Å². The van der Waals surface area contributed by atoms with Crippen LogP contribution in [0, 0.1) is 5.92 Å². The molecular weight excluding hydrogens is 224 g/mol. The number of carbonyl (C=O) groups is 1. The zero-order chi connectivity index (χ0) is 13.0. The molecule has 1 atom stereocenters. The molecule has 3 heteroatoms. The molecule has 0 spiro atoms. The molecule has 18 heavy (non-hydrogen) atoms. The zero-order valence-electron chi connectivity index (χ0n) is 11.3. The molecule has 1 unspecified atom stereocenters. The maximum Gasteiger partial charge on any atom is 0.159 e. The lowest BCUT2D eigenvalue weighted by Gasteiger charge is -2.21. The van der Waals surface area contributed by atoms with E-state index in [1.807, 2.05) is 18.2 Å². The summed E-state index contributed by atoms with van der Waals surface area (Å²) in [6.07, 6.45) is 2.51. The Bertz CT molecular complexity index is 411. The van der Waals surface area contributed by atoms with E-state index in [0.29, 0.717) is 0 Å². The van der Waals surface area contributed by atoms with Gasteiger partial charge in [0.2, 0.25) is 0 Å². The Morgan fingerprint density at radius 1 is 1.50 bits per heavy atom. The maximum atomic E-state index is 11.4. The molecule has 0 radical (unpaired) electrons. The van der Waals surface area contributed by atoms with Gasteiger partial charge in [0, 0.05) is 24.8 Å². The number of anilines is 1. The van der Waals surface area contributed by atoms with Crippen molar-refractivity contribution in [3.63, 3.8) is 0 Å². The third kappa shape index (κ3) is 3.33. The minimum atomic E-state index is 0.130. The van der Waals surface area contributed by atoms with Crippen LogP contribution in [0.15, 0.2) is 24.3 Å². The molecule has 0 aliphatic carbocycles. The lowest BCUT2D eigenvalue weighted by atomic mass is 10.0. The molecule has 0 amide bonds. The topological polar surface area (TPSA) is 32.3 Å². The predicted molar refractivity (Wildman–Crippen MR) is 75.3 cm³/mol. The zero-order valence-corrected chi connectivity index (χ0v) is 11.3. The van der Waals surface area contributed by atoms with Crippen LogP contribution in [0.25, 0.3) is 0 Å². The van der Waals surface area contributed by atoms with Crippen LogP contribution in [0.1, 0.15) is 30.1 Å². The van der Waals surface area contributed by atoms with E-state index >= 15 is 0 Å². The first-order chi connectivity index (χ1) is 8.66. The number of ketones is 1. The van der Waals surface area contributed by atoms with Crippen molar-refractivity contribution in [3.8, 4) is 0 Å². The molecule has 1 fully saturated rings. The van der Waals surface area contributed by atoms with E-state index in [-0.39, 0.29) is 5.78 Å². The molecular formula is C15H22N2O. The summed E-state index contributed by atoms with van der Waals surface area (Å²) in [5.41, 5.74) is 1.93. The molecule has 1 saturated heterocycles. The average Bonchev–Trinajstić information content (AvgIpc) is 2.89. The van der Waals surface area contributed by atoms with E-state index in [4.69, 9.17) is 0 Å². The number of carbonyl (C=O) groups excluding carboxylic acids is 1. The first-order valence-corrected chi connectivity index (χ1v) is 6.69. The summed E-state index contributed by atoms with van der Waals surface area (Å²) in [5, 5.41) is 3.40. The summed E-state index contributed by atoms with van der Waals surface area (Å²) in [6, 6.07) is 7.88. The summed E-state index contributed by atoms with van der Waals surface area (Å²) in [5.74, 6) is 0.939. The lowest BCUT2D eigenvalue weighted by molar-refractivity contribution is 0.101. The molecule has 3 nitrogen and oxygen atoms in total. The van der Waals surface area contributed by atoms with Crippen LogP contribution in [-0.4, -0.2) is 32.5 Å². The molecule has 1 aromatic rings. The first kappa shape index (κ1) is 13.1. The summed E-state index contributed by atoms with van der Waals surface area (Å²) < 4.78 is 0. The number of rotatable bonds is 5. The van der Waals surface area contributed by atoms with E-state index in [2.05, 4.69) is 23.3 Å². The Morgan fingerprint density at radius 2 is 2.33 bits per heavy atom. The van der Waals surface area contributed by atoms with Crippen molar-refractivity contribution < 1.29 is 4.79 Å². The van der Waals surface area contributed by atoms with Gasteiger partial charge >= 0.3 is 0 Å². The largest absolute Gasteiger partial charge is 0.375 e. The number of nitrogens with zero attached hydrogens (tertiary/aromatic N) is 1. The van der Waals surface area contributed by atoms with Gasteiger partial charge in [-0.05, 0) is 50.9 Å². The maximum absolute atomic E-state index is 11.4. The van der Waals surface area contributed by atoms with Gasteiger partial charge < -0.3 is 10.2 Å². The number of hydrogen-bond acceptors (Lipinski definition) is 3. The van der Waals surface area contributed by atoms with E-state index < -0.39 is 0 Å². The lowest BCUT2D eigenvalue weighted by Crippen LogP contribution is -2.22. The molecule has 1 aliphatic heterocycles. The quantitative estimate of drug-likeness (QED) is 0.809. The molecule has 0 saturated carbocycles. The van der Waals surface area contributed by atoms with Crippen LogP contribution in [0.5, 0.6) is 0 Å². The van der Waals surface area contributed by atoms with Gasteiger partial charge in [-0.1, -0.05) is 12.1 Å². The number of Topliss-reactive ketones (excluding diaryl/α,β-unsaturated/α-hetero) is 1. The van der Waals surface area contributed by atoms with Crippen LogP contribution in [0.3, 0.4) is 0 Å². The second-order valence-corrected chi connectivity index (χ2v) is 5.18. The van der Waals surface area contributed by atoms with Gasteiger partial charge in [0.1, 0.15) is 0 Å². The molecule has 0 aromatic heterocycles. The van der Waals surface area contributed by atoms with E-state index in [1.54, 1.807) is 6.92 Å². The summed E-state index contributed by atoms with van der Waals surface area (Å²) in [4.78, 5) is 13.6. The molecule has 1 aromatic carbocycles. The molecule has 1 heterocycles. The Balaban J connectivity index is 1.93. The molecule has 0 bridgehead atoms. The monoisotopic (exact) mass is 246 g/mol. The fraction of sp³-hybridized carbons (Fsp3) is 0.533. The third-order valence-electron chi connectivity index (χ3n) is 3.73. The molecule has 1 N–H and O–H groups in total. The standard InChI is InChI=1S/C15H22N2O/c1-12(18)14-4-3-5-15(10-14)17(2)9-7-13-6-8-16-11-13/h3-5,10,13,16H,6-9,11H2,1-2H3. The van der Waals surface area contributed by atoms with Gasteiger partial charge in [0.25, 0.3) is 0 Å². The highest BCUT2D eigenvalue weighted by Crippen LogP contribution is 2.18. The highest BCUT2D eigenvalue weighted by molar-refractivity contribution is 5.94. The predicted octanol–water partition coefficient (Wildman–Crippen LogP) is 2.33. The Morgan fingerprint density at radius 3 is 3.00 bits per heavy atom. The van der Waals surface area contributed by atoms with E-state index in [9.17, 15) is 4.79 Å². The SMILES string of the molecule is CC(=O)c1cccc(N(C)CCC2CCNC2)c1. The number of nitrogens with one attached hydrogen (secondary N) is 1. The van der Waals surface area contributed by atoms with Crippen molar-refractivity contribution >= 4 is 11.5 Å². The molecule has 98 valence electrons. The van der Waals surface area contributed by atoms with Gasteiger partial charge in [0.15, 0.2) is 5.78 Å². The van der Waals surface area contributed by atoms with Crippen molar-refractivity contribution in [1.82, 2.24) is 5.32 Å². The minimum Gasteiger partial charge on any atom is -0.375 e. The normalized spacial score (nSPS) is 18.9. The first-order valence-electron chi connectivity index (χ1n) is 6.69.